The van der Waals surface area contributed by atoms with Crippen LogP contribution in [0.5, 0.6) is 0 Å². The van der Waals surface area contributed by atoms with Crippen molar-refractivity contribution in [3.8, 4) is 11.1 Å². The van der Waals surface area contributed by atoms with Crippen molar-refractivity contribution in [1.29, 1.82) is 0 Å². The molecule has 0 spiro atoms. The molecule has 1 aliphatic heterocycles. The highest BCUT2D eigenvalue weighted by atomic mass is 79.9. The van der Waals surface area contributed by atoms with Gasteiger partial charge in [0.25, 0.3) is 0 Å². The van der Waals surface area contributed by atoms with Crippen molar-refractivity contribution in [3.63, 3.8) is 0 Å². The number of cyclic esters (lactones) is 1. The predicted octanol–water partition coefficient (Wildman–Crippen LogP) is 8.60. The number of esters is 1. The van der Waals surface area contributed by atoms with Crippen molar-refractivity contribution in [2.75, 3.05) is 0 Å². The Balaban J connectivity index is 1.33. The van der Waals surface area contributed by atoms with Crippen molar-refractivity contribution < 1.29 is 14.6 Å². The molecule has 3 atom stereocenters. The number of hydrogen-bond acceptors (Lipinski definition) is 3. The molecule has 1 aliphatic carbocycles. The summed E-state index contributed by atoms with van der Waals surface area (Å²) in [4.78, 5) is 13.5. The minimum absolute atomic E-state index is 0.138. The van der Waals surface area contributed by atoms with Crippen molar-refractivity contribution in [3.05, 3.63) is 141 Å². The molecule has 0 radical (unpaired) electrons. The van der Waals surface area contributed by atoms with Gasteiger partial charge in [-0.3, -0.25) is 0 Å². The van der Waals surface area contributed by atoms with E-state index in [1.54, 1.807) is 0 Å². The van der Waals surface area contributed by atoms with E-state index in [0.717, 1.165) is 28.4 Å². The first-order chi connectivity index (χ1) is 18.4. The fraction of sp³-hybridized carbons (Fsp3) is 0.206. The van der Waals surface area contributed by atoms with Crippen molar-refractivity contribution in [2.45, 2.75) is 43.6 Å². The van der Waals surface area contributed by atoms with Crippen LogP contribution in [0.4, 0.5) is 0 Å². The van der Waals surface area contributed by atoms with E-state index >= 15 is 0 Å². The molecule has 4 heteroatoms. The molecule has 6 rings (SSSR count). The maximum absolute atomic E-state index is 13.5. The molecule has 1 N–H and O–H groups in total. The number of benzene rings is 4. The van der Waals surface area contributed by atoms with E-state index in [-0.39, 0.29) is 24.0 Å². The molecule has 0 fully saturated rings. The molecule has 0 saturated carbocycles. The summed E-state index contributed by atoms with van der Waals surface area (Å²) in [6, 6.07) is 35.0. The Morgan fingerprint density at radius 2 is 1.47 bits per heavy atom. The average molecular weight is 566 g/mol. The summed E-state index contributed by atoms with van der Waals surface area (Å²) in [5.74, 6) is -0.280. The van der Waals surface area contributed by atoms with E-state index in [1.165, 1.54) is 22.3 Å². The molecule has 0 bridgehead atoms. The number of halogens is 1. The SMILES string of the molecule is CC1(c2ccccc2)CC(O)=C(C2CC(c3ccc(-c4ccc(Br)cc4)cc3)Cc3ccccc32)C(=O)O1. The number of rotatable bonds is 4. The van der Waals surface area contributed by atoms with Crippen LogP contribution in [0.15, 0.2) is 119 Å². The number of carbonyl (C=O) groups is 1. The zero-order chi connectivity index (χ0) is 26.3. The highest BCUT2D eigenvalue weighted by Crippen LogP contribution is 2.48. The van der Waals surface area contributed by atoms with Gasteiger partial charge in [0.05, 0.1) is 5.57 Å². The Bertz CT molecular complexity index is 1510. The molecule has 0 aromatic heterocycles. The maximum Gasteiger partial charge on any atom is 0.338 e. The summed E-state index contributed by atoms with van der Waals surface area (Å²) < 4.78 is 7.13. The first kappa shape index (κ1) is 24.7. The molecule has 0 saturated heterocycles. The first-order valence-corrected chi connectivity index (χ1v) is 13.9. The Kier molecular flexibility index (Phi) is 6.45. The van der Waals surface area contributed by atoms with Crippen LogP contribution < -0.4 is 0 Å². The summed E-state index contributed by atoms with van der Waals surface area (Å²) in [7, 11) is 0. The summed E-state index contributed by atoms with van der Waals surface area (Å²) >= 11 is 3.51. The van der Waals surface area contributed by atoms with Gasteiger partial charge >= 0.3 is 5.97 Å². The van der Waals surface area contributed by atoms with Crippen molar-refractivity contribution in [1.82, 2.24) is 0 Å². The molecule has 3 nitrogen and oxygen atoms in total. The molecular weight excluding hydrogens is 536 g/mol. The van der Waals surface area contributed by atoms with Crippen molar-refractivity contribution >= 4 is 21.9 Å². The van der Waals surface area contributed by atoms with Gasteiger partial charge in [0, 0.05) is 16.8 Å². The normalized spacial score (nSPS) is 23.1. The molecule has 4 aromatic carbocycles. The monoisotopic (exact) mass is 564 g/mol. The quantitative estimate of drug-likeness (QED) is 0.252. The van der Waals surface area contributed by atoms with Gasteiger partial charge in [0.2, 0.25) is 0 Å². The highest BCUT2D eigenvalue weighted by molar-refractivity contribution is 9.10. The molecular formula is C34H29BrO3. The largest absolute Gasteiger partial charge is 0.512 e. The third-order valence-electron chi connectivity index (χ3n) is 8.06. The Morgan fingerprint density at radius 1 is 0.842 bits per heavy atom. The Hall–Kier alpha value is -3.63. The number of hydrogen-bond donors (Lipinski definition) is 1. The van der Waals surface area contributed by atoms with Crippen LogP contribution in [-0.2, 0) is 21.6 Å². The van der Waals surface area contributed by atoms with E-state index in [9.17, 15) is 9.90 Å². The number of carbonyl (C=O) groups excluding carboxylic acids is 1. The summed E-state index contributed by atoms with van der Waals surface area (Å²) in [6.45, 7) is 1.87. The molecule has 3 unspecified atom stereocenters. The highest BCUT2D eigenvalue weighted by Gasteiger charge is 2.44. The Labute approximate surface area is 231 Å². The van der Waals surface area contributed by atoms with Crippen molar-refractivity contribution in [2.24, 2.45) is 0 Å². The molecule has 2 aliphatic rings. The van der Waals surface area contributed by atoms with Gasteiger partial charge in [-0.2, -0.15) is 0 Å². The second-order valence-electron chi connectivity index (χ2n) is 10.5. The third-order valence-corrected chi connectivity index (χ3v) is 8.59. The maximum atomic E-state index is 13.5. The molecule has 4 aromatic rings. The minimum atomic E-state index is -0.887. The first-order valence-electron chi connectivity index (χ1n) is 13.1. The molecule has 1 heterocycles. The van der Waals surface area contributed by atoms with Gasteiger partial charge in [-0.1, -0.05) is 107 Å². The number of aliphatic hydroxyl groups excluding tert-OH is 1. The molecule has 0 amide bonds. The number of fused-ring (bicyclic) bond motifs is 1. The van der Waals surface area contributed by atoms with Crippen LogP contribution >= 0.6 is 15.9 Å². The summed E-state index contributed by atoms with van der Waals surface area (Å²) in [5, 5.41) is 11.3. The van der Waals surface area contributed by atoms with Gasteiger partial charge in [-0.25, -0.2) is 4.79 Å². The third kappa shape index (κ3) is 4.58. The van der Waals surface area contributed by atoms with E-state index in [2.05, 4.69) is 82.7 Å². The number of ether oxygens (including phenoxy) is 1. The van der Waals surface area contributed by atoms with Gasteiger partial charge in [-0.05, 0) is 71.2 Å². The van der Waals surface area contributed by atoms with Gasteiger partial charge in [0.15, 0.2) is 0 Å². The molecule has 38 heavy (non-hydrogen) atoms. The topological polar surface area (TPSA) is 46.5 Å². The predicted molar refractivity (Wildman–Crippen MR) is 154 cm³/mol. The van der Waals surface area contributed by atoms with Crippen LogP contribution in [0.3, 0.4) is 0 Å². The average Bonchev–Trinajstić information content (AvgIpc) is 2.93. The second-order valence-corrected chi connectivity index (χ2v) is 11.5. The van der Waals surface area contributed by atoms with Crippen LogP contribution in [0, 0.1) is 0 Å². The summed E-state index contributed by atoms with van der Waals surface area (Å²) in [6.07, 6.45) is 1.91. The van der Waals surface area contributed by atoms with Gasteiger partial charge in [0.1, 0.15) is 11.4 Å². The zero-order valence-electron chi connectivity index (χ0n) is 21.2. The lowest BCUT2D eigenvalue weighted by atomic mass is 9.70. The van der Waals surface area contributed by atoms with E-state index in [1.807, 2.05) is 43.3 Å². The standard InChI is InChI=1S/C34H29BrO3/c1-34(27-8-3-2-4-9-27)21-31(36)32(33(37)38-34)30-20-26(19-25-7-5-6-10-29(25)30)24-13-11-22(12-14-24)23-15-17-28(35)18-16-23/h2-18,26,30,36H,19-21H2,1H3. The number of aliphatic hydroxyl groups is 1. The second kappa shape index (κ2) is 9.92. The fourth-order valence-corrected chi connectivity index (χ4v) is 6.33. The van der Waals surface area contributed by atoms with Gasteiger partial charge in [-0.15, -0.1) is 0 Å². The smallest absolute Gasteiger partial charge is 0.338 e. The van der Waals surface area contributed by atoms with Crippen LogP contribution in [-0.4, -0.2) is 11.1 Å². The van der Waals surface area contributed by atoms with Gasteiger partial charge < -0.3 is 9.84 Å². The lowest BCUT2D eigenvalue weighted by molar-refractivity contribution is -0.158. The van der Waals surface area contributed by atoms with Crippen LogP contribution in [0.2, 0.25) is 0 Å². The summed E-state index contributed by atoms with van der Waals surface area (Å²) in [5.41, 5.74) is 6.31. The Morgan fingerprint density at radius 3 is 2.16 bits per heavy atom. The van der Waals surface area contributed by atoms with E-state index < -0.39 is 11.6 Å². The lowest BCUT2D eigenvalue weighted by Gasteiger charge is -2.39. The van der Waals surface area contributed by atoms with Crippen LogP contribution in [0.1, 0.15) is 53.9 Å². The van der Waals surface area contributed by atoms with Crippen LogP contribution in [0.25, 0.3) is 11.1 Å². The van der Waals surface area contributed by atoms with E-state index in [4.69, 9.17) is 4.74 Å². The fourth-order valence-electron chi connectivity index (χ4n) is 6.06. The molecule has 190 valence electrons. The zero-order valence-corrected chi connectivity index (χ0v) is 22.8. The lowest BCUT2D eigenvalue weighted by Crippen LogP contribution is -2.37. The van der Waals surface area contributed by atoms with E-state index in [0.29, 0.717) is 5.57 Å². The minimum Gasteiger partial charge on any atom is -0.512 e.